The molecule has 1 fully saturated rings. The van der Waals surface area contributed by atoms with E-state index in [0.717, 1.165) is 5.92 Å². The Balaban J connectivity index is 1.84. The zero-order valence-corrected chi connectivity index (χ0v) is 12.4. The Hall–Kier alpha value is -1.60. The predicted octanol–water partition coefficient (Wildman–Crippen LogP) is 4.62. The molecule has 1 aliphatic rings. The molecule has 0 radical (unpaired) electrons. The van der Waals surface area contributed by atoms with E-state index in [0.29, 0.717) is 0 Å². The molecule has 0 aliphatic heterocycles. The van der Waals surface area contributed by atoms with E-state index in [1.54, 1.807) is 0 Å². The van der Waals surface area contributed by atoms with Gasteiger partial charge < -0.3 is 5.73 Å². The second-order valence-electron chi connectivity index (χ2n) is 6.13. The van der Waals surface area contributed by atoms with Crippen LogP contribution in [0.15, 0.2) is 42.5 Å². The summed E-state index contributed by atoms with van der Waals surface area (Å²) in [6, 6.07) is 15.4. The molecule has 2 N–H and O–H groups in total. The normalized spacial score (nSPS) is 16.8. The van der Waals surface area contributed by atoms with Crippen molar-refractivity contribution < 1.29 is 0 Å². The summed E-state index contributed by atoms with van der Waals surface area (Å²) in [4.78, 5) is 0. The molecular weight excluding hydrogens is 242 g/mol. The van der Waals surface area contributed by atoms with Gasteiger partial charge in [0.15, 0.2) is 0 Å². The van der Waals surface area contributed by atoms with Crippen LogP contribution in [0, 0.1) is 13.8 Å². The molecule has 0 spiro atoms. The smallest absolute Gasteiger partial charge is 0.0554 e. The Kier molecular flexibility index (Phi) is 3.62. The van der Waals surface area contributed by atoms with Crippen LogP contribution in [-0.4, -0.2) is 0 Å². The second-order valence-corrected chi connectivity index (χ2v) is 6.13. The fourth-order valence-corrected chi connectivity index (χ4v) is 3.07. The summed E-state index contributed by atoms with van der Waals surface area (Å²) in [5.41, 5.74) is 12.9. The lowest BCUT2D eigenvalue weighted by molar-refractivity contribution is 0.419. The van der Waals surface area contributed by atoms with Crippen LogP contribution in [0.4, 0.5) is 0 Å². The molecule has 1 aliphatic carbocycles. The van der Waals surface area contributed by atoms with Crippen LogP contribution in [0.1, 0.15) is 59.0 Å². The summed E-state index contributed by atoms with van der Waals surface area (Å²) >= 11 is 0. The van der Waals surface area contributed by atoms with Crippen LogP contribution >= 0.6 is 0 Å². The van der Waals surface area contributed by atoms with E-state index < -0.39 is 0 Å². The van der Waals surface area contributed by atoms with Crippen molar-refractivity contribution in [3.8, 4) is 0 Å². The van der Waals surface area contributed by atoms with Crippen molar-refractivity contribution in [1.29, 1.82) is 0 Å². The summed E-state index contributed by atoms with van der Waals surface area (Å²) in [5, 5.41) is 0. The van der Waals surface area contributed by atoms with E-state index in [1.165, 1.54) is 47.1 Å². The molecule has 104 valence electrons. The van der Waals surface area contributed by atoms with Crippen LogP contribution in [0.2, 0.25) is 0 Å². The molecule has 20 heavy (non-hydrogen) atoms. The van der Waals surface area contributed by atoms with Gasteiger partial charge in [-0.15, -0.1) is 0 Å². The molecule has 1 saturated carbocycles. The Labute approximate surface area is 121 Å². The van der Waals surface area contributed by atoms with Crippen LogP contribution in [-0.2, 0) is 0 Å². The molecular formula is C19H23N. The fourth-order valence-electron chi connectivity index (χ4n) is 3.07. The summed E-state index contributed by atoms with van der Waals surface area (Å²) in [5.74, 6) is 0.793. The molecule has 1 atom stereocenters. The predicted molar refractivity (Wildman–Crippen MR) is 85.0 cm³/mol. The monoisotopic (exact) mass is 265 g/mol. The minimum atomic E-state index is -0.0222. The number of hydrogen-bond donors (Lipinski definition) is 1. The van der Waals surface area contributed by atoms with E-state index in [2.05, 4.69) is 56.3 Å². The zero-order valence-electron chi connectivity index (χ0n) is 12.4. The SMILES string of the molecule is Cc1ccc(C(N)c2ccc(C3CCC3)cc2)c(C)c1. The highest BCUT2D eigenvalue weighted by molar-refractivity contribution is 5.39. The summed E-state index contributed by atoms with van der Waals surface area (Å²) in [7, 11) is 0. The van der Waals surface area contributed by atoms with Gasteiger partial charge in [-0.1, -0.05) is 54.4 Å². The maximum atomic E-state index is 6.44. The maximum Gasteiger partial charge on any atom is 0.0554 e. The molecule has 1 heteroatoms. The first-order valence-corrected chi connectivity index (χ1v) is 7.58. The number of aryl methyl sites for hydroxylation is 2. The maximum absolute atomic E-state index is 6.44. The summed E-state index contributed by atoms with van der Waals surface area (Å²) in [6.07, 6.45) is 4.08. The van der Waals surface area contributed by atoms with Gasteiger partial charge in [0, 0.05) is 0 Å². The lowest BCUT2D eigenvalue weighted by atomic mass is 9.79. The van der Waals surface area contributed by atoms with E-state index in [-0.39, 0.29) is 6.04 Å². The van der Waals surface area contributed by atoms with Crippen molar-refractivity contribution in [2.24, 2.45) is 5.73 Å². The van der Waals surface area contributed by atoms with Gasteiger partial charge >= 0.3 is 0 Å². The van der Waals surface area contributed by atoms with Gasteiger partial charge in [0.1, 0.15) is 0 Å². The third-order valence-corrected chi connectivity index (χ3v) is 4.63. The Morgan fingerprint density at radius 2 is 1.70 bits per heavy atom. The first kappa shape index (κ1) is 13.4. The molecule has 0 bridgehead atoms. The highest BCUT2D eigenvalue weighted by atomic mass is 14.6. The summed E-state index contributed by atoms with van der Waals surface area (Å²) in [6.45, 7) is 4.26. The van der Waals surface area contributed by atoms with E-state index in [1.807, 2.05) is 0 Å². The van der Waals surface area contributed by atoms with E-state index >= 15 is 0 Å². The highest BCUT2D eigenvalue weighted by Crippen LogP contribution is 2.36. The lowest BCUT2D eigenvalue weighted by Gasteiger charge is -2.26. The van der Waals surface area contributed by atoms with Crippen molar-refractivity contribution >= 4 is 0 Å². The topological polar surface area (TPSA) is 26.0 Å². The van der Waals surface area contributed by atoms with Crippen molar-refractivity contribution in [3.05, 3.63) is 70.3 Å². The van der Waals surface area contributed by atoms with Crippen LogP contribution < -0.4 is 5.73 Å². The minimum absolute atomic E-state index is 0.0222. The number of rotatable bonds is 3. The van der Waals surface area contributed by atoms with Crippen molar-refractivity contribution in [3.63, 3.8) is 0 Å². The third kappa shape index (κ3) is 2.51. The molecule has 1 nitrogen and oxygen atoms in total. The highest BCUT2D eigenvalue weighted by Gasteiger charge is 2.19. The van der Waals surface area contributed by atoms with Gasteiger partial charge in [-0.3, -0.25) is 0 Å². The zero-order chi connectivity index (χ0) is 14.1. The van der Waals surface area contributed by atoms with E-state index in [9.17, 15) is 0 Å². The molecule has 3 rings (SSSR count). The van der Waals surface area contributed by atoms with Gasteiger partial charge in [-0.2, -0.15) is 0 Å². The van der Waals surface area contributed by atoms with E-state index in [4.69, 9.17) is 5.73 Å². The molecule has 2 aromatic carbocycles. The largest absolute Gasteiger partial charge is 0.320 e. The number of benzene rings is 2. The average Bonchev–Trinajstić information content (AvgIpc) is 2.37. The van der Waals surface area contributed by atoms with Crippen LogP contribution in [0.3, 0.4) is 0 Å². The van der Waals surface area contributed by atoms with Gasteiger partial charge in [-0.25, -0.2) is 0 Å². The third-order valence-electron chi connectivity index (χ3n) is 4.63. The molecule has 0 heterocycles. The quantitative estimate of drug-likeness (QED) is 0.861. The van der Waals surface area contributed by atoms with Crippen molar-refractivity contribution in [2.45, 2.75) is 45.1 Å². The first-order valence-electron chi connectivity index (χ1n) is 7.58. The molecule has 0 aromatic heterocycles. The number of hydrogen-bond acceptors (Lipinski definition) is 1. The van der Waals surface area contributed by atoms with Crippen LogP contribution in [0.5, 0.6) is 0 Å². The Morgan fingerprint density at radius 1 is 1.00 bits per heavy atom. The van der Waals surface area contributed by atoms with Crippen LogP contribution in [0.25, 0.3) is 0 Å². The molecule has 2 aromatic rings. The van der Waals surface area contributed by atoms with Gasteiger partial charge in [0.05, 0.1) is 6.04 Å². The standard InChI is InChI=1S/C19H23N/c1-13-6-11-18(14(2)12-13)19(20)17-9-7-16(8-10-17)15-4-3-5-15/h6-12,15,19H,3-5,20H2,1-2H3. The van der Waals surface area contributed by atoms with Crippen molar-refractivity contribution in [1.82, 2.24) is 0 Å². The first-order chi connectivity index (χ1) is 9.65. The fraction of sp³-hybridized carbons (Fsp3) is 0.368. The minimum Gasteiger partial charge on any atom is -0.320 e. The Bertz CT molecular complexity index is 594. The molecule has 1 unspecified atom stereocenters. The second kappa shape index (κ2) is 5.41. The van der Waals surface area contributed by atoms with Gasteiger partial charge in [-0.05, 0) is 54.9 Å². The van der Waals surface area contributed by atoms with Gasteiger partial charge in [0.25, 0.3) is 0 Å². The summed E-state index contributed by atoms with van der Waals surface area (Å²) < 4.78 is 0. The molecule has 0 saturated heterocycles. The molecule has 0 amide bonds. The number of nitrogens with two attached hydrogens (primary N) is 1. The van der Waals surface area contributed by atoms with Gasteiger partial charge in [0.2, 0.25) is 0 Å². The van der Waals surface area contributed by atoms with Crippen molar-refractivity contribution in [2.75, 3.05) is 0 Å². The average molecular weight is 265 g/mol. The Morgan fingerprint density at radius 3 is 2.25 bits per heavy atom. The lowest BCUT2D eigenvalue weighted by Crippen LogP contribution is -2.14.